The minimum absolute atomic E-state index is 0.0824. The van der Waals surface area contributed by atoms with Crippen LogP contribution in [-0.2, 0) is 10.0 Å². The van der Waals surface area contributed by atoms with Gasteiger partial charge in [-0.25, -0.2) is 17.8 Å². The van der Waals surface area contributed by atoms with Crippen molar-refractivity contribution in [3.05, 3.63) is 65.1 Å². The second-order valence-electron chi connectivity index (χ2n) is 8.36. The molecule has 198 valence electrons. The number of hydrogen-bond acceptors (Lipinski definition) is 8. The number of sulfonamides is 1. The molecule has 3 aromatic rings. The van der Waals surface area contributed by atoms with Gasteiger partial charge in [-0.2, -0.15) is 4.98 Å². The van der Waals surface area contributed by atoms with Crippen LogP contribution in [0.15, 0.2) is 52.5 Å². The first-order valence-corrected chi connectivity index (χ1v) is 12.7. The molecule has 2 N–H and O–H groups in total. The molecule has 0 unspecified atom stereocenters. The van der Waals surface area contributed by atoms with Gasteiger partial charge in [0.15, 0.2) is 5.82 Å². The van der Waals surface area contributed by atoms with E-state index in [0.29, 0.717) is 47.4 Å². The first-order chi connectivity index (χ1) is 18.0. The maximum Gasteiger partial charge on any atom is 0.573 e. The third-order valence-corrected chi connectivity index (χ3v) is 7.29. The van der Waals surface area contributed by atoms with Crippen molar-refractivity contribution >= 4 is 45.0 Å². The van der Waals surface area contributed by atoms with E-state index < -0.39 is 38.5 Å². The lowest BCUT2D eigenvalue weighted by Gasteiger charge is -2.28. The molecule has 0 bridgehead atoms. The molecule has 1 aromatic heterocycles. The third kappa shape index (κ3) is 4.62. The molecule has 0 saturated heterocycles. The molecule has 0 aliphatic carbocycles. The van der Waals surface area contributed by atoms with Gasteiger partial charge < -0.3 is 15.0 Å². The summed E-state index contributed by atoms with van der Waals surface area (Å²) < 4.78 is 86.5. The minimum atomic E-state index is -5.12. The van der Waals surface area contributed by atoms with Crippen LogP contribution in [0.1, 0.15) is 16.7 Å². The monoisotopic (exact) mass is 548 g/mol. The summed E-state index contributed by atoms with van der Waals surface area (Å²) >= 11 is 0. The SMILES string of the molecule is CNc1ncc2c(n1)N1CCN=C1C(c1c(C)ccc(NS(=O)(=O)c3ccccc3OC(F)(F)F)c1F)=C2. The zero-order chi connectivity index (χ0) is 27.2. The summed E-state index contributed by atoms with van der Waals surface area (Å²) in [7, 11) is -2.99. The van der Waals surface area contributed by atoms with E-state index in [9.17, 15) is 21.6 Å². The average Bonchev–Trinajstić information content (AvgIpc) is 3.35. The molecule has 0 saturated carbocycles. The molecular weight excluding hydrogens is 528 g/mol. The number of ether oxygens (including phenoxy) is 1. The van der Waals surface area contributed by atoms with Crippen molar-refractivity contribution in [3.8, 4) is 5.75 Å². The first kappa shape index (κ1) is 25.4. The maximum absolute atomic E-state index is 16.0. The van der Waals surface area contributed by atoms with Gasteiger partial charge >= 0.3 is 6.36 Å². The lowest BCUT2D eigenvalue weighted by molar-refractivity contribution is -0.275. The average molecular weight is 549 g/mol. The highest BCUT2D eigenvalue weighted by atomic mass is 32.2. The number of anilines is 3. The summed E-state index contributed by atoms with van der Waals surface area (Å²) in [4.78, 5) is 14.2. The van der Waals surface area contributed by atoms with Gasteiger partial charge in [0, 0.05) is 36.5 Å². The highest BCUT2D eigenvalue weighted by molar-refractivity contribution is 7.92. The zero-order valence-electron chi connectivity index (χ0n) is 20.0. The summed E-state index contributed by atoms with van der Waals surface area (Å²) in [5.41, 5.74) is 1.13. The van der Waals surface area contributed by atoms with Crippen LogP contribution in [0.4, 0.5) is 35.0 Å². The number of amidine groups is 1. The number of para-hydroxylation sites is 1. The summed E-state index contributed by atoms with van der Waals surface area (Å²) in [5, 5.41) is 2.87. The van der Waals surface area contributed by atoms with Gasteiger partial charge in [-0.1, -0.05) is 18.2 Å². The number of fused-ring (bicyclic) bond motifs is 3. The van der Waals surface area contributed by atoms with Crippen LogP contribution in [0.25, 0.3) is 11.6 Å². The van der Waals surface area contributed by atoms with Crippen molar-refractivity contribution in [2.45, 2.75) is 18.2 Å². The van der Waals surface area contributed by atoms with Gasteiger partial charge in [-0.15, -0.1) is 13.2 Å². The Morgan fingerprint density at radius 1 is 1.13 bits per heavy atom. The number of nitrogens with one attached hydrogen (secondary N) is 2. The minimum Gasteiger partial charge on any atom is -0.404 e. The van der Waals surface area contributed by atoms with Crippen LogP contribution in [-0.4, -0.2) is 50.7 Å². The quantitative estimate of drug-likeness (QED) is 0.439. The standard InChI is InChI=1S/C24H20F4N6O3S/c1-13-7-8-16(33-38(35,36)18-6-4-3-5-17(18)37-24(26,27)28)20(25)19(13)15-11-14-12-31-23(29-2)32-21(14)34-10-9-30-22(15)34/h3-8,11-12,33H,9-10H2,1-2H3,(H,29,31,32). The van der Waals surface area contributed by atoms with Crippen molar-refractivity contribution in [3.63, 3.8) is 0 Å². The van der Waals surface area contributed by atoms with Gasteiger partial charge in [0.05, 0.1) is 12.2 Å². The van der Waals surface area contributed by atoms with Crippen molar-refractivity contribution in [1.29, 1.82) is 0 Å². The van der Waals surface area contributed by atoms with Crippen molar-refractivity contribution in [2.24, 2.45) is 4.99 Å². The van der Waals surface area contributed by atoms with Crippen molar-refractivity contribution < 1.29 is 30.7 Å². The molecule has 38 heavy (non-hydrogen) atoms. The predicted octanol–water partition coefficient (Wildman–Crippen LogP) is 4.44. The van der Waals surface area contributed by atoms with Gasteiger partial charge in [0.2, 0.25) is 5.95 Å². The molecule has 0 amide bonds. The Morgan fingerprint density at radius 3 is 2.63 bits per heavy atom. The van der Waals surface area contributed by atoms with E-state index in [1.165, 1.54) is 24.3 Å². The van der Waals surface area contributed by atoms with Crippen LogP contribution in [0, 0.1) is 12.7 Å². The maximum atomic E-state index is 16.0. The molecule has 2 aliphatic rings. The van der Waals surface area contributed by atoms with Gasteiger partial charge in [0.1, 0.15) is 22.3 Å². The number of aromatic nitrogens is 2. The molecule has 2 aromatic carbocycles. The number of rotatable bonds is 6. The van der Waals surface area contributed by atoms with E-state index in [2.05, 4.69) is 29.7 Å². The summed E-state index contributed by atoms with van der Waals surface area (Å²) in [5.74, 6) is -0.395. The molecule has 3 heterocycles. The van der Waals surface area contributed by atoms with E-state index in [1.54, 1.807) is 26.2 Å². The first-order valence-electron chi connectivity index (χ1n) is 11.2. The Kier molecular flexibility index (Phi) is 6.21. The molecule has 0 radical (unpaired) electrons. The number of alkyl halides is 3. The van der Waals surface area contributed by atoms with Gasteiger partial charge in [-0.05, 0) is 36.8 Å². The van der Waals surface area contributed by atoms with Crippen molar-refractivity contribution in [2.75, 3.05) is 35.1 Å². The van der Waals surface area contributed by atoms with E-state index in [-0.39, 0.29) is 5.56 Å². The second-order valence-corrected chi connectivity index (χ2v) is 10.0. The van der Waals surface area contributed by atoms with E-state index in [4.69, 9.17) is 0 Å². The molecular formula is C24H20F4N6O3S. The molecule has 5 rings (SSSR count). The van der Waals surface area contributed by atoms with Crippen LogP contribution >= 0.6 is 0 Å². The molecule has 0 atom stereocenters. The van der Waals surface area contributed by atoms with Gasteiger partial charge in [0.25, 0.3) is 10.0 Å². The molecule has 0 fully saturated rings. The predicted molar refractivity (Wildman–Crippen MR) is 134 cm³/mol. The Hall–Kier alpha value is -4.20. The number of aryl methyl sites for hydroxylation is 1. The van der Waals surface area contributed by atoms with Crippen LogP contribution in [0.5, 0.6) is 5.75 Å². The van der Waals surface area contributed by atoms with Crippen LogP contribution in [0.3, 0.4) is 0 Å². The molecule has 2 aliphatic heterocycles. The fraction of sp³-hybridized carbons (Fsp3) is 0.208. The highest BCUT2D eigenvalue weighted by Crippen LogP contribution is 2.39. The smallest absolute Gasteiger partial charge is 0.404 e. The number of benzene rings is 2. The summed E-state index contributed by atoms with van der Waals surface area (Å²) in [6.45, 7) is 2.59. The summed E-state index contributed by atoms with van der Waals surface area (Å²) in [6, 6.07) is 6.92. The number of nitrogens with zero attached hydrogens (tertiary/aromatic N) is 4. The Bertz CT molecular complexity index is 1610. The molecule has 9 nitrogen and oxygen atoms in total. The number of aliphatic imine (C=N–C) groups is 1. The Labute approximate surface area is 214 Å². The third-order valence-electron chi connectivity index (χ3n) is 5.89. The lowest BCUT2D eigenvalue weighted by atomic mass is 9.94. The molecule has 14 heteroatoms. The van der Waals surface area contributed by atoms with Crippen LogP contribution < -0.4 is 19.7 Å². The fourth-order valence-electron chi connectivity index (χ4n) is 4.27. The highest BCUT2D eigenvalue weighted by Gasteiger charge is 2.35. The van der Waals surface area contributed by atoms with Crippen molar-refractivity contribution in [1.82, 2.24) is 9.97 Å². The number of hydrogen-bond donors (Lipinski definition) is 2. The lowest BCUT2D eigenvalue weighted by Crippen LogP contribution is -2.33. The Balaban J connectivity index is 1.58. The van der Waals surface area contributed by atoms with E-state index in [0.717, 1.165) is 12.1 Å². The fourth-order valence-corrected chi connectivity index (χ4v) is 5.46. The largest absolute Gasteiger partial charge is 0.573 e. The van der Waals surface area contributed by atoms with E-state index in [1.807, 2.05) is 4.90 Å². The van der Waals surface area contributed by atoms with Crippen LogP contribution in [0.2, 0.25) is 0 Å². The normalized spacial score (nSPS) is 14.8. The second kappa shape index (κ2) is 9.28. The Morgan fingerprint density at radius 2 is 1.89 bits per heavy atom. The summed E-state index contributed by atoms with van der Waals surface area (Å²) in [6.07, 6.45) is -1.87. The number of halogens is 4. The topological polar surface area (TPSA) is 109 Å². The van der Waals surface area contributed by atoms with E-state index >= 15 is 4.39 Å². The zero-order valence-corrected chi connectivity index (χ0v) is 20.8. The van der Waals surface area contributed by atoms with Gasteiger partial charge in [-0.3, -0.25) is 9.71 Å². The molecule has 0 spiro atoms.